The van der Waals surface area contributed by atoms with Crippen LogP contribution in [0.25, 0.3) is 10.2 Å². The molecule has 0 fully saturated rings. The molecule has 1 aliphatic rings. The van der Waals surface area contributed by atoms with Crippen LogP contribution in [-0.4, -0.2) is 28.5 Å². The first-order chi connectivity index (χ1) is 12.9. The minimum absolute atomic E-state index is 0.222. The molecule has 27 heavy (non-hydrogen) atoms. The average Bonchev–Trinajstić information content (AvgIpc) is 3.25. The number of ether oxygens (including phenoxy) is 2. The summed E-state index contributed by atoms with van der Waals surface area (Å²) in [7, 11) is 1.62. The number of hydrogen-bond donors (Lipinski definition) is 1. The molecule has 0 saturated heterocycles. The lowest BCUT2D eigenvalue weighted by atomic mass is 9.94. The molecular weight excluding hydrogens is 366 g/mol. The highest BCUT2D eigenvalue weighted by molar-refractivity contribution is 7.18. The summed E-state index contributed by atoms with van der Waals surface area (Å²) >= 11 is 1.55. The fraction of sp³-hybridized carbons (Fsp3) is 0.474. The molecule has 0 unspecified atom stereocenters. The fourth-order valence-electron chi connectivity index (χ4n) is 3.52. The number of rotatable bonds is 5. The number of aromatic nitrogens is 2. The molecule has 0 bridgehead atoms. The zero-order valence-electron chi connectivity index (χ0n) is 15.7. The second-order valence-corrected chi connectivity index (χ2v) is 8.43. The van der Waals surface area contributed by atoms with E-state index in [9.17, 15) is 4.79 Å². The quantitative estimate of drug-likeness (QED) is 0.727. The SMILES string of the molecule is COCCn1c(=O)n(Cc2ccco2)c(=N)c2c3c(sc21)COC(C)(C)C3. The molecule has 4 rings (SSSR count). The highest BCUT2D eigenvalue weighted by Crippen LogP contribution is 2.37. The lowest BCUT2D eigenvalue weighted by Gasteiger charge is -2.30. The lowest BCUT2D eigenvalue weighted by Crippen LogP contribution is -2.41. The van der Waals surface area contributed by atoms with Gasteiger partial charge in [0.2, 0.25) is 0 Å². The number of hydrogen-bond acceptors (Lipinski definition) is 6. The predicted octanol–water partition coefficient (Wildman–Crippen LogP) is 2.48. The van der Waals surface area contributed by atoms with Gasteiger partial charge in [-0.05, 0) is 31.5 Å². The van der Waals surface area contributed by atoms with Gasteiger partial charge >= 0.3 is 5.69 Å². The van der Waals surface area contributed by atoms with E-state index in [4.69, 9.17) is 19.3 Å². The van der Waals surface area contributed by atoms with Crippen molar-refractivity contribution in [2.24, 2.45) is 0 Å². The van der Waals surface area contributed by atoms with E-state index in [0.29, 0.717) is 25.5 Å². The third-order valence-electron chi connectivity index (χ3n) is 4.90. The van der Waals surface area contributed by atoms with Crippen molar-refractivity contribution < 1.29 is 13.9 Å². The van der Waals surface area contributed by atoms with Crippen LogP contribution in [0.4, 0.5) is 0 Å². The number of methoxy groups -OCH3 is 1. The third kappa shape index (κ3) is 3.18. The zero-order chi connectivity index (χ0) is 19.2. The minimum Gasteiger partial charge on any atom is -0.467 e. The summed E-state index contributed by atoms with van der Waals surface area (Å²) in [6.07, 6.45) is 2.30. The molecule has 3 aromatic rings. The van der Waals surface area contributed by atoms with Gasteiger partial charge in [-0.1, -0.05) is 0 Å². The molecule has 0 aliphatic carbocycles. The van der Waals surface area contributed by atoms with Crippen LogP contribution in [0.1, 0.15) is 30.0 Å². The first kappa shape index (κ1) is 18.2. The Labute approximate surface area is 160 Å². The Morgan fingerprint density at radius 2 is 2.19 bits per heavy atom. The van der Waals surface area contributed by atoms with Crippen molar-refractivity contribution in [2.75, 3.05) is 13.7 Å². The number of nitrogens with zero attached hydrogens (tertiary/aromatic N) is 2. The maximum absolute atomic E-state index is 13.2. The van der Waals surface area contributed by atoms with Crippen LogP contribution in [0.2, 0.25) is 0 Å². The summed E-state index contributed by atoms with van der Waals surface area (Å²) in [5, 5.41) is 9.63. The van der Waals surface area contributed by atoms with Crippen molar-refractivity contribution in [1.29, 1.82) is 5.41 Å². The summed E-state index contributed by atoms with van der Waals surface area (Å²) in [4.78, 5) is 15.1. The van der Waals surface area contributed by atoms with E-state index in [1.807, 2.05) is 6.07 Å². The van der Waals surface area contributed by atoms with Gasteiger partial charge in [0.05, 0.1) is 43.6 Å². The smallest absolute Gasteiger partial charge is 0.331 e. The number of thiophene rings is 1. The average molecular weight is 389 g/mol. The van der Waals surface area contributed by atoms with Crippen molar-refractivity contribution in [1.82, 2.24) is 9.13 Å². The van der Waals surface area contributed by atoms with Crippen LogP contribution < -0.4 is 11.2 Å². The lowest BCUT2D eigenvalue weighted by molar-refractivity contribution is -0.0379. The Morgan fingerprint density at radius 3 is 2.89 bits per heavy atom. The molecule has 0 spiro atoms. The van der Waals surface area contributed by atoms with Crippen LogP contribution in [-0.2, 0) is 35.6 Å². The van der Waals surface area contributed by atoms with E-state index in [2.05, 4.69) is 13.8 Å². The second kappa shape index (κ2) is 6.78. The summed E-state index contributed by atoms with van der Waals surface area (Å²) in [5.74, 6) is 0.649. The van der Waals surface area contributed by atoms with Gasteiger partial charge in [0.1, 0.15) is 16.1 Å². The molecule has 0 radical (unpaired) electrons. The van der Waals surface area contributed by atoms with E-state index in [1.165, 1.54) is 4.57 Å². The molecule has 0 amide bonds. The summed E-state index contributed by atoms with van der Waals surface area (Å²) in [6, 6.07) is 3.60. The van der Waals surface area contributed by atoms with Crippen molar-refractivity contribution in [3.05, 3.63) is 50.6 Å². The minimum atomic E-state index is -0.285. The van der Waals surface area contributed by atoms with Crippen molar-refractivity contribution >= 4 is 21.6 Å². The summed E-state index contributed by atoms with van der Waals surface area (Å²) in [5.41, 5.74) is 0.845. The first-order valence-corrected chi connectivity index (χ1v) is 9.70. The van der Waals surface area contributed by atoms with E-state index < -0.39 is 0 Å². The highest BCUT2D eigenvalue weighted by atomic mass is 32.1. The number of fused-ring (bicyclic) bond motifs is 3. The van der Waals surface area contributed by atoms with Crippen LogP contribution in [0.5, 0.6) is 0 Å². The largest absolute Gasteiger partial charge is 0.467 e. The highest BCUT2D eigenvalue weighted by Gasteiger charge is 2.31. The normalized spacial score (nSPS) is 16.0. The van der Waals surface area contributed by atoms with E-state index in [1.54, 1.807) is 35.3 Å². The molecule has 8 heteroatoms. The molecule has 7 nitrogen and oxygen atoms in total. The monoisotopic (exact) mass is 389 g/mol. The van der Waals surface area contributed by atoms with Gasteiger partial charge in [-0.2, -0.15) is 0 Å². The standard InChI is InChI=1S/C19H23N3O4S/c1-19(2)9-13-14(11-26-19)27-17-15(13)16(20)22(10-12-5-4-7-25-12)18(23)21(17)6-8-24-3/h4-5,7,20H,6,8-11H2,1-3H3. The molecule has 0 aromatic carbocycles. The maximum atomic E-state index is 13.2. The molecule has 3 aromatic heterocycles. The number of furan rings is 1. The maximum Gasteiger partial charge on any atom is 0.331 e. The van der Waals surface area contributed by atoms with Crippen molar-refractivity contribution in [2.45, 2.75) is 45.6 Å². The van der Waals surface area contributed by atoms with E-state index in [-0.39, 0.29) is 23.3 Å². The van der Waals surface area contributed by atoms with Crippen LogP contribution >= 0.6 is 11.3 Å². The second-order valence-electron chi connectivity index (χ2n) is 7.35. The molecule has 0 saturated carbocycles. The third-order valence-corrected chi connectivity index (χ3v) is 6.12. The first-order valence-electron chi connectivity index (χ1n) is 8.89. The van der Waals surface area contributed by atoms with Crippen LogP contribution in [0.15, 0.2) is 27.6 Å². The molecule has 1 aliphatic heterocycles. The Bertz CT molecular complexity index is 1090. The van der Waals surface area contributed by atoms with E-state index in [0.717, 1.165) is 27.1 Å². The Kier molecular flexibility index (Phi) is 4.57. The topological polar surface area (TPSA) is 82.4 Å². The molecule has 0 atom stereocenters. The van der Waals surface area contributed by atoms with Gasteiger partial charge in [0.15, 0.2) is 0 Å². The number of nitrogens with one attached hydrogen (secondary N) is 1. The van der Waals surface area contributed by atoms with Crippen LogP contribution in [0, 0.1) is 5.41 Å². The predicted molar refractivity (Wildman–Crippen MR) is 102 cm³/mol. The van der Waals surface area contributed by atoms with Crippen molar-refractivity contribution in [3.63, 3.8) is 0 Å². The molecule has 4 heterocycles. The zero-order valence-corrected chi connectivity index (χ0v) is 16.5. The fourth-order valence-corrected chi connectivity index (χ4v) is 4.77. The van der Waals surface area contributed by atoms with Gasteiger partial charge in [0.25, 0.3) is 0 Å². The van der Waals surface area contributed by atoms with Gasteiger partial charge in [-0.15, -0.1) is 11.3 Å². The summed E-state index contributed by atoms with van der Waals surface area (Å²) < 4.78 is 19.8. The molecular formula is C19H23N3O4S. The summed E-state index contributed by atoms with van der Waals surface area (Å²) in [6.45, 7) is 5.73. The Hall–Kier alpha value is -2.16. The van der Waals surface area contributed by atoms with Gasteiger partial charge in [0, 0.05) is 18.4 Å². The van der Waals surface area contributed by atoms with Gasteiger partial charge < -0.3 is 13.9 Å². The Morgan fingerprint density at radius 1 is 1.37 bits per heavy atom. The molecule has 144 valence electrons. The molecule has 1 N–H and O–H groups in total. The Balaban J connectivity index is 1.98. The van der Waals surface area contributed by atoms with Gasteiger partial charge in [-0.25, -0.2) is 4.79 Å². The van der Waals surface area contributed by atoms with Crippen LogP contribution in [0.3, 0.4) is 0 Å². The van der Waals surface area contributed by atoms with Gasteiger partial charge in [-0.3, -0.25) is 14.5 Å². The van der Waals surface area contributed by atoms with Crippen molar-refractivity contribution in [3.8, 4) is 0 Å². The van der Waals surface area contributed by atoms with E-state index >= 15 is 0 Å².